The second-order valence-electron chi connectivity index (χ2n) is 4.90. The number of carbonyl (C=O) groups excluding carboxylic acids is 2. The number of amides is 2. The van der Waals surface area contributed by atoms with E-state index in [2.05, 4.69) is 16.8 Å². The van der Waals surface area contributed by atoms with E-state index in [0.29, 0.717) is 19.5 Å². The minimum atomic E-state index is 0.0749. The van der Waals surface area contributed by atoms with Crippen molar-refractivity contribution < 1.29 is 9.59 Å². The van der Waals surface area contributed by atoms with Gasteiger partial charge in [0.2, 0.25) is 11.8 Å². The van der Waals surface area contributed by atoms with Crippen molar-refractivity contribution in [3.63, 3.8) is 0 Å². The lowest BCUT2D eigenvalue weighted by molar-refractivity contribution is -0.135. The Morgan fingerprint density at radius 3 is 2.74 bits per heavy atom. The van der Waals surface area contributed by atoms with E-state index in [1.54, 1.807) is 18.4 Å². The number of nitrogens with one attached hydrogen (secondary N) is 1. The zero-order chi connectivity index (χ0) is 13.7. The third-order valence-electron chi connectivity index (χ3n) is 3.67. The summed E-state index contributed by atoms with van der Waals surface area (Å²) >= 11 is 1.66. The fourth-order valence-electron chi connectivity index (χ4n) is 2.44. The summed E-state index contributed by atoms with van der Waals surface area (Å²) in [5.74, 6) is 0.387. The van der Waals surface area contributed by atoms with Crippen LogP contribution in [0.2, 0.25) is 0 Å². The topological polar surface area (TPSA) is 49.4 Å². The SMILES string of the molecule is CNC(=O)C1CCN(C(=O)CCc2ccsc2)CC1. The lowest BCUT2D eigenvalue weighted by Crippen LogP contribution is -2.42. The van der Waals surface area contributed by atoms with Crippen molar-refractivity contribution in [2.24, 2.45) is 5.92 Å². The fourth-order valence-corrected chi connectivity index (χ4v) is 3.14. The fraction of sp³-hybridized carbons (Fsp3) is 0.571. The van der Waals surface area contributed by atoms with E-state index >= 15 is 0 Å². The van der Waals surface area contributed by atoms with Crippen LogP contribution in [-0.4, -0.2) is 36.9 Å². The maximum Gasteiger partial charge on any atom is 0.222 e. The Hall–Kier alpha value is -1.36. The van der Waals surface area contributed by atoms with Crippen molar-refractivity contribution in [2.45, 2.75) is 25.7 Å². The van der Waals surface area contributed by atoms with Crippen molar-refractivity contribution in [3.8, 4) is 0 Å². The summed E-state index contributed by atoms with van der Waals surface area (Å²) in [5.41, 5.74) is 1.23. The predicted octanol–water partition coefficient (Wildman–Crippen LogP) is 1.67. The third kappa shape index (κ3) is 3.80. The van der Waals surface area contributed by atoms with Gasteiger partial charge in [-0.15, -0.1) is 0 Å². The van der Waals surface area contributed by atoms with Gasteiger partial charge < -0.3 is 10.2 Å². The molecule has 0 radical (unpaired) electrons. The largest absolute Gasteiger partial charge is 0.359 e. The van der Waals surface area contributed by atoms with E-state index in [-0.39, 0.29) is 17.7 Å². The number of hydrogen-bond donors (Lipinski definition) is 1. The number of piperidine rings is 1. The van der Waals surface area contributed by atoms with Crippen LogP contribution in [0.1, 0.15) is 24.8 Å². The number of nitrogens with zero attached hydrogens (tertiary/aromatic N) is 1. The molecular formula is C14H20N2O2S. The number of thiophene rings is 1. The number of hydrogen-bond acceptors (Lipinski definition) is 3. The molecule has 5 heteroatoms. The zero-order valence-electron chi connectivity index (χ0n) is 11.2. The lowest BCUT2D eigenvalue weighted by atomic mass is 9.95. The molecule has 0 bridgehead atoms. The summed E-state index contributed by atoms with van der Waals surface area (Å²) < 4.78 is 0. The Morgan fingerprint density at radius 2 is 2.16 bits per heavy atom. The molecule has 1 aromatic heterocycles. The van der Waals surface area contributed by atoms with Gasteiger partial charge in [0.25, 0.3) is 0 Å². The number of likely N-dealkylation sites (tertiary alicyclic amines) is 1. The second kappa shape index (κ2) is 6.70. The van der Waals surface area contributed by atoms with Crippen LogP contribution in [0.5, 0.6) is 0 Å². The number of carbonyl (C=O) groups is 2. The number of rotatable bonds is 4. The van der Waals surface area contributed by atoms with Crippen molar-refractivity contribution >= 4 is 23.2 Å². The Labute approximate surface area is 117 Å². The first-order chi connectivity index (χ1) is 9.20. The van der Waals surface area contributed by atoms with Crippen LogP contribution in [0.15, 0.2) is 16.8 Å². The first kappa shape index (κ1) is 14.1. The van der Waals surface area contributed by atoms with E-state index in [0.717, 1.165) is 19.3 Å². The first-order valence-electron chi connectivity index (χ1n) is 6.71. The van der Waals surface area contributed by atoms with Crippen LogP contribution >= 0.6 is 11.3 Å². The molecule has 0 atom stereocenters. The Balaban J connectivity index is 1.74. The average molecular weight is 280 g/mol. The van der Waals surface area contributed by atoms with Gasteiger partial charge in [-0.1, -0.05) is 0 Å². The van der Waals surface area contributed by atoms with Gasteiger partial charge in [0.05, 0.1) is 0 Å². The van der Waals surface area contributed by atoms with Crippen LogP contribution in [-0.2, 0) is 16.0 Å². The molecule has 104 valence electrons. The molecule has 2 amide bonds. The molecule has 1 aliphatic rings. The normalized spacial score (nSPS) is 16.4. The molecule has 1 fully saturated rings. The average Bonchev–Trinajstić information content (AvgIpc) is 2.97. The summed E-state index contributed by atoms with van der Waals surface area (Å²) in [6.07, 6.45) is 2.95. The minimum Gasteiger partial charge on any atom is -0.359 e. The molecular weight excluding hydrogens is 260 g/mol. The predicted molar refractivity (Wildman–Crippen MR) is 76.0 cm³/mol. The molecule has 0 unspecified atom stereocenters. The summed E-state index contributed by atoms with van der Waals surface area (Å²) in [4.78, 5) is 25.5. The monoisotopic (exact) mass is 280 g/mol. The maximum atomic E-state index is 12.1. The Morgan fingerprint density at radius 1 is 1.42 bits per heavy atom. The van der Waals surface area contributed by atoms with Gasteiger partial charge in [0, 0.05) is 32.5 Å². The van der Waals surface area contributed by atoms with Crippen LogP contribution in [0.4, 0.5) is 0 Å². The maximum absolute atomic E-state index is 12.1. The summed E-state index contributed by atoms with van der Waals surface area (Å²) in [7, 11) is 1.67. The molecule has 0 saturated carbocycles. The highest BCUT2D eigenvalue weighted by Gasteiger charge is 2.26. The van der Waals surface area contributed by atoms with Gasteiger partial charge in [-0.2, -0.15) is 11.3 Å². The minimum absolute atomic E-state index is 0.0749. The lowest BCUT2D eigenvalue weighted by Gasteiger charge is -2.31. The molecule has 2 rings (SSSR count). The molecule has 4 nitrogen and oxygen atoms in total. The second-order valence-corrected chi connectivity index (χ2v) is 5.68. The standard InChI is InChI=1S/C14H20N2O2S/c1-15-14(18)12-4-7-16(8-5-12)13(17)3-2-11-6-9-19-10-11/h6,9-10,12H,2-5,7-8H2,1H3,(H,15,18). The first-order valence-corrected chi connectivity index (χ1v) is 7.65. The van der Waals surface area contributed by atoms with Crippen molar-refractivity contribution in [2.75, 3.05) is 20.1 Å². The quantitative estimate of drug-likeness (QED) is 0.912. The number of aryl methyl sites for hydroxylation is 1. The molecule has 19 heavy (non-hydrogen) atoms. The Kier molecular flexibility index (Phi) is 4.96. The van der Waals surface area contributed by atoms with Gasteiger partial charge in [-0.05, 0) is 41.7 Å². The van der Waals surface area contributed by atoms with Crippen LogP contribution < -0.4 is 5.32 Å². The van der Waals surface area contributed by atoms with E-state index in [4.69, 9.17) is 0 Å². The van der Waals surface area contributed by atoms with E-state index in [9.17, 15) is 9.59 Å². The molecule has 1 N–H and O–H groups in total. The van der Waals surface area contributed by atoms with Crippen LogP contribution in [0.25, 0.3) is 0 Å². The van der Waals surface area contributed by atoms with Gasteiger partial charge >= 0.3 is 0 Å². The van der Waals surface area contributed by atoms with Crippen molar-refractivity contribution in [1.29, 1.82) is 0 Å². The zero-order valence-corrected chi connectivity index (χ0v) is 12.0. The Bertz CT molecular complexity index is 423. The smallest absolute Gasteiger partial charge is 0.222 e. The molecule has 0 aromatic carbocycles. The van der Waals surface area contributed by atoms with E-state index < -0.39 is 0 Å². The third-order valence-corrected chi connectivity index (χ3v) is 4.40. The van der Waals surface area contributed by atoms with Gasteiger partial charge in [0.15, 0.2) is 0 Å². The molecule has 1 aromatic rings. The summed E-state index contributed by atoms with van der Waals surface area (Å²) in [6.45, 7) is 1.42. The van der Waals surface area contributed by atoms with Crippen LogP contribution in [0, 0.1) is 5.92 Å². The van der Waals surface area contributed by atoms with Gasteiger partial charge in [0.1, 0.15) is 0 Å². The van der Waals surface area contributed by atoms with Gasteiger partial charge in [-0.25, -0.2) is 0 Å². The van der Waals surface area contributed by atoms with Crippen LogP contribution in [0.3, 0.4) is 0 Å². The summed E-state index contributed by atoms with van der Waals surface area (Å²) in [5, 5.41) is 6.81. The molecule has 0 spiro atoms. The van der Waals surface area contributed by atoms with Crippen molar-refractivity contribution in [1.82, 2.24) is 10.2 Å². The highest BCUT2D eigenvalue weighted by molar-refractivity contribution is 7.07. The molecule has 0 aliphatic carbocycles. The van der Waals surface area contributed by atoms with E-state index in [1.807, 2.05) is 10.3 Å². The molecule has 1 aliphatic heterocycles. The molecule has 2 heterocycles. The van der Waals surface area contributed by atoms with Crippen molar-refractivity contribution in [3.05, 3.63) is 22.4 Å². The van der Waals surface area contributed by atoms with E-state index in [1.165, 1.54) is 5.56 Å². The molecule has 1 saturated heterocycles. The highest BCUT2D eigenvalue weighted by Crippen LogP contribution is 2.18. The van der Waals surface area contributed by atoms with Gasteiger partial charge in [-0.3, -0.25) is 9.59 Å². The highest BCUT2D eigenvalue weighted by atomic mass is 32.1. The summed E-state index contributed by atoms with van der Waals surface area (Å²) in [6, 6.07) is 2.07.